The van der Waals surface area contributed by atoms with Crippen LogP contribution >= 0.6 is 11.8 Å². The fraction of sp³-hybridized carbons (Fsp3) is 0.923. The molecule has 0 saturated heterocycles. The maximum atomic E-state index is 11.7. The summed E-state index contributed by atoms with van der Waals surface area (Å²) in [4.78, 5) is 11.7. The third-order valence-corrected chi connectivity index (χ3v) is 3.39. The van der Waals surface area contributed by atoms with E-state index in [1.54, 1.807) is 7.11 Å². The molecule has 1 amide bonds. The summed E-state index contributed by atoms with van der Waals surface area (Å²) in [5.74, 6) is 1.31. The first-order chi connectivity index (χ1) is 8.72. The lowest BCUT2D eigenvalue weighted by atomic mass is 10.2. The van der Waals surface area contributed by atoms with Crippen molar-refractivity contribution in [1.29, 1.82) is 0 Å². The number of thioether (sulfide) groups is 1. The number of rotatable bonds is 12. The molecule has 5 heteroatoms. The Bertz CT molecular complexity index is 203. The van der Waals surface area contributed by atoms with E-state index in [-0.39, 0.29) is 11.9 Å². The number of ether oxygens (including phenoxy) is 1. The van der Waals surface area contributed by atoms with Gasteiger partial charge in [-0.05, 0) is 44.7 Å². The van der Waals surface area contributed by atoms with Gasteiger partial charge in [0.05, 0.1) is 6.04 Å². The van der Waals surface area contributed by atoms with Crippen molar-refractivity contribution < 1.29 is 9.53 Å². The van der Waals surface area contributed by atoms with Gasteiger partial charge in [-0.2, -0.15) is 11.8 Å². The minimum absolute atomic E-state index is 0.0789. The molecule has 1 atom stereocenters. The lowest BCUT2D eigenvalue weighted by Crippen LogP contribution is -2.42. The van der Waals surface area contributed by atoms with E-state index in [1.165, 1.54) is 18.6 Å². The maximum Gasteiger partial charge on any atom is 0.236 e. The molecule has 0 saturated carbocycles. The van der Waals surface area contributed by atoms with Crippen molar-refractivity contribution in [3.63, 3.8) is 0 Å². The summed E-state index contributed by atoms with van der Waals surface area (Å²) in [5.41, 5.74) is 0. The highest BCUT2D eigenvalue weighted by Gasteiger charge is 2.10. The van der Waals surface area contributed by atoms with Crippen molar-refractivity contribution in [2.45, 2.75) is 38.6 Å². The molecule has 108 valence electrons. The second-order valence-corrected chi connectivity index (χ2v) is 5.35. The molecule has 0 aliphatic carbocycles. The Morgan fingerprint density at radius 1 is 1.22 bits per heavy atom. The van der Waals surface area contributed by atoms with Crippen LogP contribution in [-0.4, -0.2) is 50.8 Å². The van der Waals surface area contributed by atoms with Gasteiger partial charge < -0.3 is 15.4 Å². The summed E-state index contributed by atoms with van der Waals surface area (Å²) in [5, 5.41) is 6.14. The van der Waals surface area contributed by atoms with Crippen molar-refractivity contribution in [3.05, 3.63) is 0 Å². The number of hydrogen-bond acceptors (Lipinski definition) is 4. The van der Waals surface area contributed by atoms with Gasteiger partial charge in [-0.25, -0.2) is 0 Å². The van der Waals surface area contributed by atoms with Crippen LogP contribution in [0.25, 0.3) is 0 Å². The predicted molar refractivity (Wildman–Crippen MR) is 79.2 cm³/mol. The van der Waals surface area contributed by atoms with Gasteiger partial charge in [0.2, 0.25) is 5.91 Å². The number of carbonyl (C=O) groups is 1. The van der Waals surface area contributed by atoms with Crippen molar-refractivity contribution >= 4 is 17.7 Å². The van der Waals surface area contributed by atoms with Crippen LogP contribution in [0.15, 0.2) is 0 Å². The summed E-state index contributed by atoms with van der Waals surface area (Å²) in [6.07, 6.45) is 6.64. The van der Waals surface area contributed by atoms with Gasteiger partial charge in [-0.1, -0.05) is 6.42 Å². The number of amides is 1. The molecule has 0 bridgehead atoms. The summed E-state index contributed by atoms with van der Waals surface area (Å²) in [7, 11) is 1.67. The average molecular weight is 276 g/mol. The topological polar surface area (TPSA) is 50.4 Å². The van der Waals surface area contributed by atoms with Crippen molar-refractivity contribution in [2.75, 3.05) is 38.8 Å². The molecule has 0 aliphatic heterocycles. The van der Waals surface area contributed by atoms with Crippen LogP contribution < -0.4 is 10.6 Å². The van der Waals surface area contributed by atoms with Crippen LogP contribution in [0.4, 0.5) is 0 Å². The fourth-order valence-electron chi connectivity index (χ4n) is 1.54. The number of unbranched alkanes of at least 4 members (excludes halogenated alkanes) is 2. The molecule has 1 unspecified atom stereocenters. The third-order valence-electron chi connectivity index (χ3n) is 2.69. The molecule has 2 N–H and O–H groups in total. The molecule has 0 aromatic heterocycles. The van der Waals surface area contributed by atoms with Gasteiger partial charge in [0.25, 0.3) is 0 Å². The summed E-state index contributed by atoms with van der Waals surface area (Å²) in [6, 6.07) is -0.104. The van der Waals surface area contributed by atoms with E-state index < -0.39 is 0 Å². The highest BCUT2D eigenvalue weighted by molar-refractivity contribution is 7.98. The van der Waals surface area contributed by atoms with E-state index in [0.717, 1.165) is 19.4 Å². The van der Waals surface area contributed by atoms with E-state index in [1.807, 2.05) is 18.7 Å². The van der Waals surface area contributed by atoms with Crippen molar-refractivity contribution in [2.24, 2.45) is 0 Å². The van der Waals surface area contributed by atoms with Gasteiger partial charge in [-0.15, -0.1) is 0 Å². The highest BCUT2D eigenvalue weighted by atomic mass is 32.2. The monoisotopic (exact) mass is 276 g/mol. The second kappa shape index (κ2) is 13.2. The van der Waals surface area contributed by atoms with E-state index in [9.17, 15) is 4.79 Å². The average Bonchev–Trinajstić information content (AvgIpc) is 2.38. The molecule has 0 radical (unpaired) electrons. The van der Waals surface area contributed by atoms with E-state index >= 15 is 0 Å². The van der Waals surface area contributed by atoms with Gasteiger partial charge in [0.15, 0.2) is 0 Å². The third kappa shape index (κ3) is 10.9. The first-order valence-electron chi connectivity index (χ1n) is 6.71. The van der Waals surface area contributed by atoms with Gasteiger partial charge in [0.1, 0.15) is 0 Å². The van der Waals surface area contributed by atoms with Crippen LogP contribution in [0.2, 0.25) is 0 Å². The molecule has 4 nitrogen and oxygen atoms in total. The summed E-state index contributed by atoms with van der Waals surface area (Å²) < 4.78 is 4.93. The minimum Gasteiger partial charge on any atom is -0.385 e. The van der Waals surface area contributed by atoms with Crippen LogP contribution in [-0.2, 0) is 9.53 Å². The van der Waals surface area contributed by atoms with Crippen LogP contribution in [0.1, 0.15) is 32.6 Å². The van der Waals surface area contributed by atoms with Gasteiger partial charge in [-0.3, -0.25) is 4.79 Å². The Hall–Kier alpha value is -0.260. The number of carbonyl (C=O) groups excluding carboxylic acids is 1. The lowest BCUT2D eigenvalue weighted by molar-refractivity contribution is -0.122. The van der Waals surface area contributed by atoms with E-state index in [4.69, 9.17) is 4.74 Å². The Morgan fingerprint density at radius 2 is 2.00 bits per heavy atom. The first kappa shape index (κ1) is 17.7. The summed E-state index contributed by atoms with van der Waals surface area (Å²) in [6.45, 7) is 4.21. The molecule has 0 aliphatic rings. The zero-order chi connectivity index (χ0) is 13.6. The van der Waals surface area contributed by atoms with Crippen LogP contribution in [0.5, 0.6) is 0 Å². The zero-order valence-corrected chi connectivity index (χ0v) is 12.8. The smallest absolute Gasteiger partial charge is 0.236 e. The molecule has 0 aromatic carbocycles. The standard InChI is InChI=1S/C13H28N2O2S/c1-12(13(16)15-9-7-10-17-2)14-8-5-4-6-11-18-3/h12,14H,4-11H2,1-3H3,(H,15,16). The Kier molecular flexibility index (Phi) is 13.0. The second-order valence-electron chi connectivity index (χ2n) is 4.37. The van der Waals surface area contributed by atoms with Crippen LogP contribution in [0, 0.1) is 0 Å². The zero-order valence-electron chi connectivity index (χ0n) is 12.0. The quantitative estimate of drug-likeness (QED) is 0.532. The van der Waals surface area contributed by atoms with Crippen LogP contribution in [0.3, 0.4) is 0 Å². The lowest BCUT2D eigenvalue weighted by Gasteiger charge is -2.13. The SMILES string of the molecule is COCCCNC(=O)C(C)NCCCCCSC. The predicted octanol–water partition coefficient (Wildman–Crippen LogP) is 1.65. The Balaban J connectivity index is 3.38. The largest absolute Gasteiger partial charge is 0.385 e. The molecular formula is C13H28N2O2S. The molecule has 0 fully saturated rings. The number of nitrogens with one attached hydrogen (secondary N) is 2. The number of methoxy groups -OCH3 is 1. The highest BCUT2D eigenvalue weighted by Crippen LogP contribution is 2.01. The van der Waals surface area contributed by atoms with E-state index in [2.05, 4.69) is 16.9 Å². The summed E-state index contributed by atoms with van der Waals surface area (Å²) >= 11 is 1.89. The Labute approximate surface area is 116 Å². The first-order valence-corrected chi connectivity index (χ1v) is 8.10. The molecule has 0 aromatic rings. The Morgan fingerprint density at radius 3 is 2.67 bits per heavy atom. The maximum absolute atomic E-state index is 11.7. The van der Waals surface area contributed by atoms with Gasteiger partial charge in [0, 0.05) is 20.3 Å². The van der Waals surface area contributed by atoms with Crippen molar-refractivity contribution in [3.8, 4) is 0 Å². The van der Waals surface area contributed by atoms with Crippen molar-refractivity contribution in [1.82, 2.24) is 10.6 Å². The molecular weight excluding hydrogens is 248 g/mol. The molecule has 0 heterocycles. The fourth-order valence-corrected chi connectivity index (χ4v) is 2.03. The minimum atomic E-state index is -0.104. The van der Waals surface area contributed by atoms with E-state index in [0.29, 0.717) is 13.2 Å². The molecule has 18 heavy (non-hydrogen) atoms. The molecule has 0 rings (SSSR count). The van der Waals surface area contributed by atoms with Gasteiger partial charge >= 0.3 is 0 Å². The number of hydrogen-bond donors (Lipinski definition) is 2. The normalized spacial score (nSPS) is 12.4. The molecule has 0 spiro atoms.